The zero-order valence-corrected chi connectivity index (χ0v) is 14.0. The third-order valence-electron chi connectivity index (χ3n) is 4.20. The number of carboxylic acids is 1. The van der Waals surface area contributed by atoms with Crippen LogP contribution in [0.15, 0.2) is 53.4 Å². The molecule has 1 aliphatic rings. The van der Waals surface area contributed by atoms with Crippen LogP contribution in [-0.4, -0.2) is 20.9 Å². The summed E-state index contributed by atoms with van der Waals surface area (Å²) in [5, 5.41) is 10.5. The van der Waals surface area contributed by atoms with Crippen LogP contribution in [0.3, 0.4) is 0 Å². The number of aliphatic carboxylic acids is 1. The molecule has 5 nitrogen and oxygen atoms in total. The Kier molecular flexibility index (Phi) is 4.57. The Morgan fingerprint density at radius 1 is 1.08 bits per heavy atom. The zero-order valence-electron chi connectivity index (χ0n) is 13.1. The molecule has 1 heterocycles. The van der Waals surface area contributed by atoms with E-state index in [1.165, 1.54) is 16.4 Å². The highest BCUT2D eigenvalue weighted by Gasteiger charge is 2.28. The van der Waals surface area contributed by atoms with Crippen molar-refractivity contribution in [1.82, 2.24) is 0 Å². The molecule has 126 valence electrons. The fraction of sp³-hybridized carbons (Fsp3) is 0.278. The zero-order chi connectivity index (χ0) is 17.2. The molecular weight excluding hydrogens is 326 g/mol. The Bertz CT molecular complexity index is 844. The van der Waals surface area contributed by atoms with Crippen molar-refractivity contribution < 1.29 is 18.3 Å². The van der Waals surface area contributed by atoms with Gasteiger partial charge in [0.05, 0.1) is 10.6 Å². The van der Waals surface area contributed by atoms with Crippen LogP contribution < -0.4 is 9.41 Å². The Morgan fingerprint density at radius 2 is 1.79 bits per heavy atom. The number of fused-ring (bicyclic) bond motifs is 1. The lowest BCUT2D eigenvalue weighted by atomic mass is 10.0. The summed E-state index contributed by atoms with van der Waals surface area (Å²) in [6.07, 6.45) is 1.92. The van der Waals surface area contributed by atoms with E-state index in [4.69, 9.17) is 0 Å². The average Bonchev–Trinajstić information content (AvgIpc) is 2.59. The molecular formula is C18H18NO4S-. The van der Waals surface area contributed by atoms with Crippen LogP contribution in [0.4, 0.5) is 5.69 Å². The highest BCUT2D eigenvalue weighted by atomic mass is 32.2. The normalized spacial score (nSPS) is 14.2. The van der Waals surface area contributed by atoms with E-state index in [2.05, 4.69) is 0 Å². The number of rotatable bonds is 5. The van der Waals surface area contributed by atoms with E-state index in [1.807, 2.05) is 24.3 Å². The summed E-state index contributed by atoms with van der Waals surface area (Å²) in [5.41, 5.74) is 2.56. The first-order chi connectivity index (χ1) is 11.5. The van der Waals surface area contributed by atoms with Gasteiger partial charge >= 0.3 is 0 Å². The van der Waals surface area contributed by atoms with Gasteiger partial charge in [0, 0.05) is 12.5 Å². The third kappa shape index (κ3) is 3.28. The number of sulfonamides is 1. The lowest BCUT2D eigenvalue weighted by Gasteiger charge is -2.30. The van der Waals surface area contributed by atoms with Crippen molar-refractivity contribution >= 4 is 21.7 Å². The minimum Gasteiger partial charge on any atom is -0.550 e. The molecule has 0 atom stereocenters. The number of benzene rings is 2. The topological polar surface area (TPSA) is 77.5 Å². The SMILES string of the molecule is O=C([O-])CCc1ccc(S(=O)(=O)N2CCCc3ccccc32)cc1. The van der Waals surface area contributed by atoms with Gasteiger partial charge in [-0.1, -0.05) is 30.3 Å². The minimum atomic E-state index is -3.62. The number of para-hydroxylation sites is 1. The first-order valence-electron chi connectivity index (χ1n) is 7.88. The molecule has 3 rings (SSSR count). The molecule has 0 radical (unpaired) electrons. The monoisotopic (exact) mass is 344 g/mol. The fourth-order valence-corrected chi connectivity index (χ4v) is 4.49. The average molecular weight is 344 g/mol. The molecule has 0 amide bonds. The highest BCUT2D eigenvalue weighted by Crippen LogP contribution is 2.31. The van der Waals surface area contributed by atoms with Crippen LogP contribution in [0.25, 0.3) is 0 Å². The molecule has 0 saturated heterocycles. The van der Waals surface area contributed by atoms with Crippen molar-refractivity contribution in [2.75, 3.05) is 10.8 Å². The van der Waals surface area contributed by atoms with E-state index >= 15 is 0 Å². The van der Waals surface area contributed by atoms with Crippen molar-refractivity contribution in [1.29, 1.82) is 0 Å². The van der Waals surface area contributed by atoms with Crippen LogP contribution >= 0.6 is 0 Å². The maximum atomic E-state index is 12.9. The number of aryl methyl sites for hydroxylation is 2. The van der Waals surface area contributed by atoms with Crippen LogP contribution in [0.1, 0.15) is 24.0 Å². The number of anilines is 1. The van der Waals surface area contributed by atoms with Gasteiger partial charge in [0.15, 0.2) is 0 Å². The minimum absolute atomic E-state index is 0.0778. The first-order valence-corrected chi connectivity index (χ1v) is 9.32. The Morgan fingerprint density at radius 3 is 2.50 bits per heavy atom. The summed E-state index contributed by atoms with van der Waals surface area (Å²) in [6, 6.07) is 13.9. The summed E-state index contributed by atoms with van der Waals surface area (Å²) >= 11 is 0. The van der Waals surface area contributed by atoms with Crippen LogP contribution in [-0.2, 0) is 27.7 Å². The molecule has 0 aliphatic carbocycles. The van der Waals surface area contributed by atoms with Gasteiger partial charge in [0.1, 0.15) is 0 Å². The molecule has 0 saturated carbocycles. The summed E-state index contributed by atoms with van der Waals surface area (Å²) < 4.78 is 27.4. The number of hydrogen-bond acceptors (Lipinski definition) is 4. The lowest BCUT2D eigenvalue weighted by molar-refractivity contribution is -0.305. The highest BCUT2D eigenvalue weighted by molar-refractivity contribution is 7.92. The second-order valence-corrected chi connectivity index (χ2v) is 7.69. The number of hydrogen-bond donors (Lipinski definition) is 0. The molecule has 24 heavy (non-hydrogen) atoms. The number of carboxylic acid groups (broad SMARTS) is 1. The van der Waals surface area contributed by atoms with E-state index in [1.54, 1.807) is 12.1 Å². The molecule has 0 spiro atoms. The number of carbonyl (C=O) groups is 1. The van der Waals surface area contributed by atoms with Crippen molar-refractivity contribution in [2.45, 2.75) is 30.6 Å². The van der Waals surface area contributed by atoms with E-state index < -0.39 is 16.0 Å². The fourth-order valence-electron chi connectivity index (χ4n) is 2.95. The van der Waals surface area contributed by atoms with Gasteiger partial charge in [0.2, 0.25) is 0 Å². The van der Waals surface area contributed by atoms with Crippen molar-refractivity contribution in [3.05, 3.63) is 59.7 Å². The molecule has 6 heteroatoms. The van der Waals surface area contributed by atoms with Gasteiger partial charge in [-0.3, -0.25) is 4.31 Å². The lowest BCUT2D eigenvalue weighted by Crippen LogP contribution is -2.35. The number of nitrogens with zero attached hydrogens (tertiary/aromatic N) is 1. The molecule has 1 aliphatic heterocycles. The standard InChI is InChI=1S/C18H19NO4S/c20-18(21)12-9-14-7-10-16(11-8-14)24(22,23)19-13-3-5-15-4-1-2-6-17(15)19/h1-2,4,6-8,10-11H,3,5,9,12-13H2,(H,20,21)/p-1. The Balaban J connectivity index is 1.87. The summed E-state index contributed by atoms with van der Waals surface area (Å²) in [6.45, 7) is 0.464. The molecule has 2 aromatic rings. The summed E-state index contributed by atoms with van der Waals surface area (Å²) in [5.74, 6) is -1.11. The molecule has 0 bridgehead atoms. The second-order valence-electron chi connectivity index (χ2n) is 5.83. The van der Waals surface area contributed by atoms with Crippen molar-refractivity contribution in [3.63, 3.8) is 0 Å². The van der Waals surface area contributed by atoms with Crippen LogP contribution in [0.2, 0.25) is 0 Å². The second kappa shape index (κ2) is 6.65. The predicted molar refractivity (Wildman–Crippen MR) is 89.1 cm³/mol. The number of carbonyl (C=O) groups excluding carboxylic acids is 1. The Labute approximate surface area is 141 Å². The van der Waals surface area contributed by atoms with Gasteiger partial charge in [-0.05, 0) is 55.0 Å². The third-order valence-corrected chi connectivity index (χ3v) is 6.02. The Hall–Kier alpha value is -2.34. The predicted octanol–water partition coefficient (Wildman–Crippen LogP) is 1.51. The molecule has 0 N–H and O–H groups in total. The molecule has 0 aromatic heterocycles. The van der Waals surface area contributed by atoms with Gasteiger partial charge in [-0.25, -0.2) is 8.42 Å². The van der Waals surface area contributed by atoms with E-state index in [-0.39, 0.29) is 11.3 Å². The molecule has 0 fully saturated rings. The molecule has 0 unspecified atom stereocenters. The van der Waals surface area contributed by atoms with Crippen LogP contribution in [0, 0.1) is 0 Å². The van der Waals surface area contributed by atoms with E-state index in [0.29, 0.717) is 13.0 Å². The van der Waals surface area contributed by atoms with E-state index in [9.17, 15) is 18.3 Å². The smallest absolute Gasteiger partial charge is 0.264 e. The maximum absolute atomic E-state index is 12.9. The van der Waals surface area contributed by atoms with Crippen molar-refractivity contribution in [3.8, 4) is 0 Å². The maximum Gasteiger partial charge on any atom is 0.264 e. The molecule has 2 aromatic carbocycles. The van der Waals surface area contributed by atoms with Crippen molar-refractivity contribution in [2.24, 2.45) is 0 Å². The summed E-state index contributed by atoms with van der Waals surface area (Å²) in [4.78, 5) is 10.7. The van der Waals surface area contributed by atoms with E-state index in [0.717, 1.165) is 29.7 Å². The van der Waals surface area contributed by atoms with Gasteiger partial charge in [-0.15, -0.1) is 0 Å². The van der Waals surface area contributed by atoms with Gasteiger partial charge < -0.3 is 9.90 Å². The quantitative estimate of drug-likeness (QED) is 0.824. The van der Waals surface area contributed by atoms with Gasteiger partial charge in [0.25, 0.3) is 10.0 Å². The summed E-state index contributed by atoms with van der Waals surface area (Å²) in [7, 11) is -3.62. The van der Waals surface area contributed by atoms with Crippen LogP contribution in [0.5, 0.6) is 0 Å². The first kappa shape index (κ1) is 16.5. The largest absolute Gasteiger partial charge is 0.550 e. The van der Waals surface area contributed by atoms with Gasteiger partial charge in [-0.2, -0.15) is 0 Å².